The van der Waals surface area contributed by atoms with E-state index in [0.29, 0.717) is 35.7 Å². The van der Waals surface area contributed by atoms with E-state index in [2.05, 4.69) is 53.3 Å². The van der Waals surface area contributed by atoms with E-state index in [1.807, 2.05) is 30.3 Å². The molecule has 4 rings (SSSR count). The quantitative estimate of drug-likeness (QED) is 0.459. The molecule has 192 valence electrons. The van der Waals surface area contributed by atoms with Crippen LogP contribution in [0, 0.1) is 18.8 Å². The highest BCUT2D eigenvalue weighted by Crippen LogP contribution is 2.31. The van der Waals surface area contributed by atoms with Gasteiger partial charge >= 0.3 is 0 Å². The molecule has 1 atom stereocenters. The minimum absolute atomic E-state index is 0.0107. The third-order valence-corrected chi connectivity index (χ3v) is 6.92. The van der Waals surface area contributed by atoms with Crippen LogP contribution in [-0.2, 0) is 11.3 Å². The van der Waals surface area contributed by atoms with Gasteiger partial charge in [-0.05, 0) is 68.1 Å². The standard InChI is InChI=1S/C28H36N4O4/c1-18(2)26(22-9-7-6-8-19(22)3)30-28(33)20-12-14-32(15-13-20)17-25-29-27(31-36-25)21-10-11-23(34-4)24(16-21)35-5/h6-11,16,18,20,26H,12-15,17H2,1-5H3,(H,30,33). The molecule has 1 fully saturated rings. The molecule has 8 nitrogen and oxygen atoms in total. The van der Waals surface area contributed by atoms with Crippen molar-refractivity contribution in [3.05, 3.63) is 59.5 Å². The Kier molecular flexibility index (Phi) is 8.25. The van der Waals surface area contributed by atoms with E-state index in [1.54, 1.807) is 14.2 Å². The van der Waals surface area contributed by atoms with Gasteiger partial charge in [-0.2, -0.15) is 4.98 Å². The predicted molar refractivity (Wildman–Crippen MR) is 138 cm³/mol. The number of ether oxygens (including phenoxy) is 2. The molecule has 1 unspecified atom stereocenters. The van der Waals surface area contributed by atoms with E-state index in [9.17, 15) is 4.79 Å². The van der Waals surface area contributed by atoms with E-state index in [-0.39, 0.29) is 17.9 Å². The van der Waals surface area contributed by atoms with Gasteiger partial charge in [-0.3, -0.25) is 9.69 Å². The van der Waals surface area contributed by atoms with Crippen LogP contribution in [-0.4, -0.2) is 48.3 Å². The number of hydrogen-bond donors (Lipinski definition) is 1. The van der Waals surface area contributed by atoms with Crippen LogP contribution in [0.15, 0.2) is 47.0 Å². The summed E-state index contributed by atoms with van der Waals surface area (Å²) < 4.78 is 16.2. The highest BCUT2D eigenvalue weighted by atomic mass is 16.5. The second kappa shape index (κ2) is 11.6. The summed E-state index contributed by atoms with van der Waals surface area (Å²) in [7, 11) is 3.20. The van der Waals surface area contributed by atoms with Gasteiger partial charge in [0.25, 0.3) is 0 Å². The molecule has 0 bridgehead atoms. The topological polar surface area (TPSA) is 89.7 Å². The summed E-state index contributed by atoms with van der Waals surface area (Å²) in [5, 5.41) is 7.47. The maximum Gasteiger partial charge on any atom is 0.241 e. The Bertz CT molecular complexity index is 1170. The Morgan fingerprint density at radius 2 is 1.83 bits per heavy atom. The molecule has 36 heavy (non-hydrogen) atoms. The van der Waals surface area contributed by atoms with Crippen LogP contribution in [0.3, 0.4) is 0 Å². The molecule has 0 saturated carbocycles. The number of carbonyl (C=O) groups excluding carboxylic acids is 1. The molecule has 3 aromatic rings. The smallest absolute Gasteiger partial charge is 0.241 e. The number of hydrogen-bond acceptors (Lipinski definition) is 7. The van der Waals surface area contributed by atoms with Gasteiger partial charge < -0.3 is 19.3 Å². The van der Waals surface area contributed by atoms with Crippen molar-refractivity contribution < 1.29 is 18.8 Å². The van der Waals surface area contributed by atoms with Gasteiger partial charge in [0.1, 0.15) is 0 Å². The molecule has 0 aliphatic carbocycles. The van der Waals surface area contributed by atoms with Crippen molar-refractivity contribution >= 4 is 5.91 Å². The lowest BCUT2D eigenvalue weighted by Crippen LogP contribution is -2.42. The molecule has 1 aliphatic heterocycles. The first-order valence-electron chi connectivity index (χ1n) is 12.5. The van der Waals surface area contributed by atoms with E-state index in [0.717, 1.165) is 31.5 Å². The number of amides is 1. The van der Waals surface area contributed by atoms with Gasteiger partial charge in [0.2, 0.25) is 17.6 Å². The summed E-state index contributed by atoms with van der Waals surface area (Å²) in [6, 6.07) is 13.8. The van der Waals surface area contributed by atoms with Crippen LogP contribution in [0.2, 0.25) is 0 Å². The van der Waals surface area contributed by atoms with Gasteiger partial charge in [-0.25, -0.2) is 0 Å². The number of aryl methyl sites for hydroxylation is 1. The Morgan fingerprint density at radius 1 is 1.11 bits per heavy atom. The fourth-order valence-electron chi connectivity index (χ4n) is 4.77. The summed E-state index contributed by atoms with van der Waals surface area (Å²) in [4.78, 5) is 20.0. The van der Waals surface area contributed by atoms with E-state index in [4.69, 9.17) is 14.0 Å². The fourth-order valence-corrected chi connectivity index (χ4v) is 4.77. The Hall–Kier alpha value is -3.39. The lowest BCUT2D eigenvalue weighted by molar-refractivity contribution is -0.127. The zero-order valence-electron chi connectivity index (χ0n) is 21.8. The SMILES string of the molecule is COc1ccc(-c2noc(CN3CCC(C(=O)NC(c4ccccc4C)C(C)C)CC3)n2)cc1OC. The summed E-state index contributed by atoms with van der Waals surface area (Å²) >= 11 is 0. The minimum atomic E-state index is 0.0107. The minimum Gasteiger partial charge on any atom is -0.493 e. The number of likely N-dealkylation sites (tertiary alicyclic amines) is 1. The number of aromatic nitrogens is 2. The van der Waals surface area contributed by atoms with Crippen LogP contribution >= 0.6 is 0 Å². The van der Waals surface area contributed by atoms with E-state index >= 15 is 0 Å². The van der Waals surface area contributed by atoms with Crippen LogP contribution in [0.1, 0.15) is 49.7 Å². The summed E-state index contributed by atoms with van der Waals surface area (Å²) in [5.74, 6) is 2.80. The fraction of sp³-hybridized carbons (Fsp3) is 0.464. The molecule has 0 spiro atoms. The molecule has 0 radical (unpaired) electrons. The maximum atomic E-state index is 13.1. The Balaban J connectivity index is 1.32. The number of benzene rings is 2. The third-order valence-electron chi connectivity index (χ3n) is 6.92. The highest BCUT2D eigenvalue weighted by Gasteiger charge is 2.29. The van der Waals surface area contributed by atoms with Gasteiger partial charge in [0.05, 0.1) is 26.8 Å². The molecular weight excluding hydrogens is 456 g/mol. The first-order chi connectivity index (χ1) is 17.4. The van der Waals surface area contributed by atoms with Crippen LogP contribution in [0.5, 0.6) is 11.5 Å². The van der Waals surface area contributed by atoms with Crippen molar-refractivity contribution in [3.8, 4) is 22.9 Å². The first-order valence-corrected chi connectivity index (χ1v) is 12.5. The second-order valence-corrected chi connectivity index (χ2v) is 9.72. The summed E-state index contributed by atoms with van der Waals surface area (Å²) in [6.45, 7) is 8.59. The molecule has 1 aliphatic rings. The lowest BCUT2D eigenvalue weighted by atomic mass is 9.90. The van der Waals surface area contributed by atoms with Gasteiger partial charge in [0.15, 0.2) is 11.5 Å². The first kappa shape index (κ1) is 25.7. The molecular formula is C28H36N4O4. The lowest BCUT2D eigenvalue weighted by Gasteiger charge is -2.32. The van der Waals surface area contributed by atoms with Crippen molar-refractivity contribution in [2.24, 2.45) is 11.8 Å². The summed E-state index contributed by atoms with van der Waals surface area (Å²) in [5.41, 5.74) is 3.20. The monoisotopic (exact) mass is 492 g/mol. The van der Waals surface area contributed by atoms with Crippen molar-refractivity contribution in [1.29, 1.82) is 0 Å². The number of nitrogens with one attached hydrogen (secondary N) is 1. The average Bonchev–Trinajstić information content (AvgIpc) is 3.36. The molecule has 1 N–H and O–H groups in total. The Labute approximate surface area is 213 Å². The predicted octanol–water partition coefficient (Wildman–Crippen LogP) is 4.79. The molecule has 8 heteroatoms. The average molecular weight is 493 g/mol. The largest absolute Gasteiger partial charge is 0.493 e. The zero-order chi connectivity index (χ0) is 25.7. The molecule has 1 aromatic heterocycles. The van der Waals surface area contributed by atoms with Gasteiger partial charge in [-0.1, -0.05) is 43.3 Å². The number of nitrogens with zero attached hydrogens (tertiary/aromatic N) is 3. The van der Waals surface area contributed by atoms with Gasteiger partial charge in [0, 0.05) is 11.5 Å². The van der Waals surface area contributed by atoms with Gasteiger partial charge in [-0.15, -0.1) is 0 Å². The van der Waals surface area contributed by atoms with E-state index in [1.165, 1.54) is 11.1 Å². The van der Waals surface area contributed by atoms with Crippen molar-refractivity contribution in [3.63, 3.8) is 0 Å². The van der Waals surface area contributed by atoms with Crippen LogP contribution in [0.4, 0.5) is 0 Å². The molecule has 1 amide bonds. The highest BCUT2D eigenvalue weighted by molar-refractivity contribution is 5.79. The van der Waals surface area contributed by atoms with Crippen LogP contribution < -0.4 is 14.8 Å². The third kappa shape index (κ3) is 5.87. The second-order valence-electron chi connectivity index (χ2n) is 9.72. The maximum absolute atomic E-state index is 13.1. The Morgan fingerprint density at radius 3 is 2.50 bits per heavy atom. The summed E-state index contributed by atoms with van der Waals surface area (Å²) in [6.07, 6.45) is 1.61. The molecule has 2 aromatic carbocycles. The van der Waals surface area contributed by atoms with E-state index < -0.39 is 0 Å². The van der Waals surface area contributed by atoms with Crippen molar-refractivity contribution in [2.45, 2.75) is 46.2 Å². The molecule has 1 saturated heterocycles. The van der Waals surface area contributed by atoms with Crippen molar-refractivity contribution in [1.82, 2.24) is 20.4 Å². The number of carbonyl (C=O) groups is 1. The number of piperidine rings is 1. The normalized spacial score (nSPS) is 15.6. The number of methoxy groups -OCH3 is 2. The molecule has 2 heterocycles. The number of rotatable bonds is 9. The van der Waals surface area contributed by atoms with Crippen molar-refractivity contribution in [2.75, 3.05) is 27.3 Å². The zero-order valence-corrected chi connectivity index (χ0v) is 21.8. The van der Waals surface area contributed by atoms with Crippen LogP contribution in [0.25, 0.3) is 11.4 Å².